The predicted molar refractivity (Wildman–Crippen MR) is 56.5 cm³/mol. The van der Waals surface area contributed by atoms with Gasteiger partial charge in [-0.15, -0.1) is 0 Å². The number of aromatic nitrogens is 2. The van der Waals surface area contributed by atoms with Gasteiger partial charge in [0.1, 0.15) is 6.61 Å². The monoisotopic (exact) mass is 209 g/mol. The topological polar surface area (TPSA) is 56.1 Å². The molecule has 1 amide bonds. The zero-order valence-corrected chi connectivity index (χ0v) is 8.77. The van der Waals surface area contributed by atoms with E-state index >= 15 is 0 Å². The Bertz CT molecular complexity index is 333. The van der Waals surface area contributed by atoms with Gasteiger partial charge in [0.15, 0.2) is 0 Å². The van der Waals surface area contributed by atoms with Crippen LogP contribution >= 0.6 is 0 Å². The van der Waals surface area contributed by atoms with Gasteiger partial charge in [0.05, 0.1) is 12.0 Å². The van der Waals surface area contributed by atoms with E-state index in [0.717, 1.165) is 5.69 Å². The van der Waals surface area contributed by atoms with Crippen molar-refractivity contribution in [2.75, 3.05) is 13.2 Å². The molecule has 0 atom stereocenters. The van der Waals surface area contributed by atoms with Gasteiger partial charge in [0, 0.05) is 26.2 Å². The van der Waals surface area contributed by atoms with E-state index in [-0.39, 0.29) is 6.61 Å². The molecule has 0 aliphatic rings. The summed E-state index contributed by atoms with van der Waals surface area (Å²) in [6.45, 7) is 4.20. The maximum absolute atomic E-state index is 11.0. The molecule has 0 saturated carbocycles. The van der Waals surface area contributed by atoms with E-state index in [0.29, 0.717) is 13.0 Å². The number of carbonyl (C=O) groups is 1. The van der Waals surface area contributed by atoms with Crippen LogP contribution in [-0.2, 0) is 18.2 Å². The molecular weight excluding hydrogens is 194 g/mol. The third kappa shape index (κ3) is 4.30. The Morgan fingerprint density at radius 2 is 2.60 bits per heavy atom. The van der Waals surface area contributed by atoms with Crippen LogP contribution in [0.4, 0.5) is 4.79 Å². The highest BCUT2D eigenvalue weighted by molar-refractivity contribution is 5.67. The van der Waals surface area contributed by atoms with Gasteiger partial charge in [-0.05, 0) is 0 Å². The van der Waals surface area contributed by atoms with E-state index < -0.39 is 6.09 Å². The predicted octanol–water partition coefficient (Wildman–Crippen LogP) is 0.875. The molecule has 0 aliphatic heterocycles. The van der Waals surface area contributed by atoms with Crippen LogP contribution in [0, 0.1) is 0 Å². The van der Waals surface area contributed by atoms with Crippen LogP contribution in [0.2, 0.25) is 0 Å². The van der Waals surface area contributed by atoms with Crippen molar-refractivity contribution in [3.63, 3.8) is 0 Å². The zero-order chi connectivity index (χ0) is 11.1. The van der Waals surface area contributed by atoms with Gasteiger partial charge in [-0.3, -0.25) is 0 Å². The second-order valence-electron chi connectivity index (χ2n) is 3.09. The minimum absolute atomic E-state index is 0.232. The highest BCUT2D eigenvalue weighted by Gasteiger charge is 2.00. The number of hydrogen-bond acceptors (Lipinski definition) is 3. The molecule has 0 aliphatic carbocycles. The summed E-state index contributed by atoms with van der Waals surface area (Å²) in [6, 6.07) is 0. The van der Waals surface area contributed by atoms with Crippen LogP contribution in [0.5, 0.6) is 0 Å². The molecule has 82 valence electrons. The van der Waals surface area contributed by atoms with Crippen molar-refractivity contribution < 1.29 is 9.53 Å². The first-order valence-electron chi connectivity index (χ1n) is 4.70. The number of nitrogens with one attached hydrogen (secondary N) is 1. The van der Waals surface area contributed by atoms with Crippen LogP contribution < -0.4 is 5.32 Å². The molecule has 0 aromatic carbocycles. The van der Waals surface area contributed by atoms with Crippen LogP contribution in [0.1, 0.15) is 5.69 Å². The van der Waals surface area contributed by atoms with Crippen LogP contribution in [0.25, 0.3) is 0 Å². The van der Waals surface area contributed by atoms with Crippen molar-refractivity contribution in [2.45, 2.75) is 6.42 Å². The fourth-order valence-electron chi connectivity index (χ4n) is 1.07. The minimum atomic E-state index is -0.425. The molecule has 15 heavy (non-hydrogen) atoms. The fraction of sp³-hybridized carbons (Fsp3) is 0.400. The van der Waals surface area contributed by atoms with Crippen LogP contribution in [-0.4, -0.2) is 28.8 Å². The van der Waals surface area contributed by atoms with Gasteiger partial charge >= 0.3 is 6.09 Å². The van der Waals surface area contributed by atoms with Crippen molar-refractivity contribution in [1.29, 1.82) is 0 Å². The molecule has 1 N–H and O–H groups in total. The largest absolute Gasteiger partial charge is 0.445 e. The molecule has 1 heterocycles. The molecule has 5 nitrogen and oxygen atoms in total. The number of alkyl carbamates (subject to hydrolysis) is 1. The standard InChI is InChI=1S/C10H15N3O2/c1-3-6-15-10(14)11-5-4-9-7-13(2)8-12-9/h3,7-8H,1,4-6H2,2H3,(H,11,14). The number of carbonyl (C=O) groups excluding carboxylic acids is 1. The first-order valence-corrected chi connectivity index (χ1v) is 4.70. The first kappa shape index (κ1) is 11.3. The molecule has 5 heteroatoms. The van der Waals surface area contributed by atoms with Crippen molar-refractivity contribution >= 4 is 6.09 Å². The maximum atomic E-state index is 11.0. The van der Waals surface area contributed by atoms with E-state index in [1.165, 1.54) is 6.08 Å². The average molecular weight is 209 g/mol. The summed E-state index contributed by atoms with van der Waals surface area (Å²) in [5, 5.41) is 2.62. The molecule has 1 rings (SSSR count). The molecule has 0 fully saturated rings. The van der Waals surface area contributed by atoms with E-state index in [1.54, 1.807) is 6.33 Å². The lowest BCUT2D eigenvalue weighted by Crippen LogP contribution is -2.26. The maximum Gasteiger partial charge on any atom is 0.407 e. The molecule has 0 unspecified atom stereocenters. The number of imidazole rings is 1. The number of hydrogen-bond donors (Lipinski definition) is 1. The Balaban J connectivity index is 2.16. The third-order valence-corrected chi connectivity index (χ3v) is 1.74. The Kier molecular flexibility index (Phi) is 4.40. The van der Waals surface area contributed by atoms with Crippen LogP contribution in [0.3, 0.4) is 0 Å². The van der Waals surface area contributed by atoms with E-state index in [1.807, 2.05) is 17.8 Å². The van der Waals surface area contributed by atoms with Crippen LogP contribution in [0.15, 0.2) is 25.2 Å². The van der Waals surface area contributed by atoms with Gasteiger partial charge in [0.2, 0.25) is 0 Å². The molecule has 0 radical (unpaired) electrons. The van der Waals surface area contributed by atoms with Crippen molar-refractivity contribution in [1.82, 2.24) is 14.9 Å². The summed E-state index contributed by atoms with van der Waals surface area (Å²) in [5.74, 6) is 0. The van der Waals surface area contributed by atoms with Gasteiger partial charge < -0.3 is 14.6 Å². The van der Waals surface area contributed by atoms with E-state index in [9.17, 15) is 4.79 Å². The van der Waals surface area contributed by atoms with E-state index in [2.05, 4.69) is 16.9 Å². The molecule has 1 aromatic heterocycles. The summed E-state index contributed by atoms with van der Waals surface area (Å²) >= 11 is 0. The number of nitrogens with zero attached hydrogens (tertiary/aromatic N) is 2. The quantitative estimate of drug-likeness (QED) is 0.732. The van der Waals surface area contributed by atoms with Gasteiger partial charge in [-0.25, -0.2) is 9.78 Å². The Morgan fingerprint density at radius 3 is 3.20 bits per heavy atom. The minimum Gasteiger partial charge on any atom is -0.445 e. The zero-order valence-electron chi connectivity index (χ0n) is 8.77. The molecule has 0 bridgehead atoms. The molecule has 0 spiro atoms. The summed E-state index contributed by atoms with van der Waals surface area (Å²) in [5.41, 5.74) is 0.946. The van der Waals surface area contributed by atoms with Crippen molar-refractivity contribution in [2.24, 2.45) is 7.05 Å². The number of rotatable bonds is 5. The number of ether oxygens (including phenoxy) is 1. The summed E-state index contributed by atoms with van der Waals surface area (Å²) < 4.78 is 6.61. The van der Waals surface area contributed by atoms with Gasteiger partial charge in [-0.2, -0.15) is 0 Å². The van der Waals surface area contributed by atoms with Gasteiger partial charge in [0.25, 0.3) is 0 Å². The fourth-order valence-corrected chi connectivity index (χ4v) is 1.07. The second kappa shape index (κ2) is 5.85. The average Bonchev–Trinajstić information content (AvgIpc) is 2.61. The lowest BCUT2D eigenvalue weighted by atomic mass is 10.3. The summed E-state index contributed by atoms with van der Waals surface area (Å²) in [7, 11) is 1.91. The van der Waals surface area contributed by atoms with Crippen molar-refractivity contribution in [3.05, 3.63) is 30.9 Å². The SMILES string of the molecule is C=CCOC(=O)NCCc1cn(C)cn1. The molecule has 0 saturated heterocycles. The number of aryl methyl sites for hydroxylation is 1. The lowest BCUT2D eigenvalue weighted by molar-refractivity contribution is 0.158. The van der Waals surface area contributed by atoms with Gasteiger partial charge in [-0.1, -0.05) is 12.7 Å². The third-order valence-electron chi connectivity index (χ3n) is 1.74. The lowest BCUT2D eigenvalue weighted by Gasteiger charge is -2.03. The first-order chi connectivity index (χ1) is 7.22. The Hall–Kier alpha value is -1.78. The number of amides is 1. The molecular formula is C10H15N3O2. The smallest absolute Gasteiger partial charge is 0.407 e. The van der Waals surface area contributed by atoms with Crippen molar-refractivity contribution in [3.8, 4) is 0 Å². The summed E-state index contributed by atoms with van der Waals surface area (Å²) in [4.78, 5) is 15.1. The summed E-state index contributed by atoms with van der Waals surface area (Å²) in [6.07, 6.45) is 5.44. The van der Waals surface area contributed by atoms with E-state index in [4.69, 9.17) is 4.74 Å². The second-order valence-corrected chi connectivity index (χ2v) is 3.09. The Labute approximate surface area is 88.8 Å². The normalized spacial score (nSPS) is 9.67. The highest BCUT2D eigenvalue weighted by atomic mass is 16.5. The molecule has 1 aromatic rings. The highest BCUT2D eigenvalue weighted by Crippen LogP contribution is 1.94. The Morgan fingerprint density at radius 1 is 1.80 bits per heavy atom.